The SMILES string of the molecule is O=C1NC(=O)/C(=C/c2cnn3c(NC4CC4)nc(NCc4ccccc4C4=CSCC4I)nc23)N1. The highest BCUT2D eigenvalue weighted by molar-refractivity contribution is 14.1. The number of allylic oxidation sites excluding steroid dienone is 1. The molecule has 3 aromatic rings. The van der Waals surface area contributed by atoms with Gasteiger partial charge >= 0.3 is 6.03 Å². The zero-order valence-corrected chi connectivity index (χ0v) is 21.4. The molecule has 2 aliphatic heterocycles. The molecule has 0 radical (unpaired) electrons. The van der Waals surface area contributed by atoms with Crippen LogP contribution in [0.2, 0.25) is 0 Å². The molecule has 4 N–H and O–H groups in total. The number of halogens is 1. The van der Waals surface area contributed by atoms with E-state index in [9.17, 15) is 9.59 Å². The maximum absolute atomic E-state index is 12.0. The van der Waals surface area contributed by atoms with Crippen molar-refractivity contribution in [2.75, 3.05) is 16.4 Å². The van der Waals surface area contributed by atoms with Crippen LogP contribution in [0.1, 0.15) is 29.5 Å². The predicted octanol–water partition coefficient (Wildman–Crippen LogP) is 3.38. The van der Waals surface area contributed by atoms with Crippen LogP contribution in [0, 0.1) is 0 Å². The minimum atomic E-state index is -0.547. The Morgan fingerprint density at radius 3 is 2.80 bits per heavy atom. The van der Waals surface area contributed by atoms with E-state index in [1.54, 1.807) is 16.8 Å². The number of carbonyl (C=O) groups excluding carboxylic acids is 2. The van der Waals surface area contributed by atoms with E-state index in [2.05, 4.69) is 77.5 Å². The van der Waals surface area contributed by atoms with Gasteiger partial charge in [0.15, 0.2) is 5.65 Å². The Balaban J connectivity index is 1.33. The zero-order valence-electron chi connectivity index (χ0n) is 18.4. The van der Waals surface area contributed by atoms with Crippen LogP contribution in [0.4, 0.5) is 16.7 Å². The first-order chi connectivity index (χ1) is 17.0. The minimum Gasteiger partial charge on any atom is -0.351 e. The fourth-order valence-corrected chi connectivity index (χ4v) is 6.26. The average molecular weight is 600 g/mol. The lowest BCUT2D eigenvalue weighted by Crippen LogP contribution is -2.22. The van der Waals surface area contributed by atoms with Crippen molar-refractivity contribution in [1.82, 2.24) is 30.2 Å². The van der Waals surface area contributed by atoms with E-state index < -0.39 is 11.9 Å². The van der Waals surface area contributed by atoms with Crippen LogP contribution in [-0.2, 0) is 11.3 Å². The van der Waals surface area contributed by atoms with Crippen LogP contribution in [0.15, 0.2) is 41.6 Å². The van der Waals surface area contributed by atoms with E-state index in [1.165, 1.54) is 16.7 Å². The van der Waals surface area contributed by atoms with Crippen molar-refractivity contribution in [3.8, 4) is 0 Å². The Hall–Kier alpha value is -3.13. The molecule has 1 saturated heterocycles. The second-order valence-corrected chi connectivity index (χ2v) is 10.9. The van der Waals surface area contributed by atoms with Gasteiger partial charge in [0.05, 0.1) is 6.20 Å². The number of nitrogens with one attached hydrogen (secondary N) is 4. The summed E-state index contributed by atoms with van der Waals surface area (Å²) in [6.45, 7) is 0.559. The predicted molar refractivity (Wildman–Crippen MR) is 144 cm³/mol. The Kier molecular flexibility index (Phi) is 5.84. The van der Waals surface area contributed by atoms with Gasteiger partial charge in [0.25, 0.3) is 5.91 Å². The Morgan fingerprint density at radius 2 is 2.06 bits per heavy atom. The van der Waals surface area contributed by atoms with Gasteiger partial charge in [0, 0.05) is 27.8 Å². The number of thioether (sulfide) groups is 1. The first-order valence-corrected chi connectivity index (χ1v) is 13.5. The largest absolute Gasteiger partial charge is 0.351 e. The number of imide groups is 1. The van der Waals surface area contributed by atoms with Crippen LogP contribution < -0.4 is 21.3 Å². The highest BCUT2D eigenvalue weighted by atomic mass is 127. The number of hydrogen-bond donors (Lipinski definition) is 4. The van der Waals surface area contributed by atoms with Crippen LogP contribution in [0.5, 0.6) is 0 Å². The fourth-order valence-electron chi connectivity index (χ4n) is 3.97. The number of anilines is 2. The lowest BCUT2D eigenvalue weighted by atomic mass is 9.99. The number of fused-ring (bicyclic) bond motifs is 1. The molecule has 0 spiro atoms. The van der Waals surface area contributed by atoms with E-state index in [4.69, 9.17) is 4.98 Å². The molecule has 12 heteroatoms. The molecule has 3 aliphatic rings. The Labute approximate surface area is 218 Å². The van der Waals surface area contributed by atoms with Crippen molar-refractivity contribution in [3.63, 3.8) is 0 Å². The number of hydrogen-bond acceptors (Lipinski definition) is 8. The number of aromatic nitrogens is 4. The quantitative estimate of drug-likeness (QED) is 0.141. The van der Waals surface area contributed by atoms with Gasteiger partial charge in [0.1, 0.15) is 5.70 Å². The van der Waals surface area contributed by atoms with E-state index in [0.29, 0.717) is 39.6 Å². The van der Waals surface area contributed by atoms with Crippen molar-refractivity contribution in [2.24, 2.45) is 0 Å². The topological polar surface area (TPSA) is 125 Å². The second-order valence-electron chi connectivity index (χ2n) is 8.48. The van der Waals surface area contributed by atoms with E-state index in [0.717, 1.165) is 18.6 Å². The molecule has 1 aliphatic carbocycles. The van der Waals surface area contributed by atoms with E-state index in [-0.39, 0.29) is 5.70 Å². The molecule has 2 aromatic heterocycles. The standard InChI is InChI=1S/C23H21IN8O2S/c24-17-11-35-10-16(17)15-4-2-1-3-12(15)8-25-21-29-19-13(7-18-20(33)30-23(34)28-18)9-26-32(19)22(31-21)27-14-5-6-14/h1-4,7,9-10,14,17H,5-6,8,11H2,(H2,25,27,29,31)(H2,28,30,33,34)/b18-7-. The van der Waals surface area contributed by atoms with Gasteiger partial charge in [-0.2, -0.15) is 19.6 Å². The van der Waals surface area contributed by atoms with Crippen molar-refractivity contribution in [2.45, 2.75) is 29.4 Å². The van der Waals surface area contributed by atoms with Crippen molar-refractivity contribution in [1.29, 1.82) is 0 Å². The lowest BCUT2D eigenvalue weighted by molar-refractivity contribution is -0.115. The van der Waals surface area contributed by atoms with Gasteiger partial charge in [-0.05, 0) is 41.0 Å². The molecule has 1 unspecified atom stereocenters. The highest BCUT2D eigenvalue weighted by Crippen LogP contribution is 2.37. The number of benzene rings is 1. The molecule has 4 heterocycles. The summed E-state index contributed by atoms with van der Waals surface area (Å²) in [4.78, 5) is 32.9. The third-order valence-electron chi connectivity index (χ3n) is 5.88. The minimum absolute atomic E-state index is 0.153. The number of amides is 3. The summed E-state index contributed by atoms with van der Waals surface area (Å²) in [5.41, 5.74) is 5.04. The summed E-state index contributed by atoms with van der Waals surface area (Å²) in [7, 11) is 0. The van der Waals surface area contributed by atoms with Gasteiger partial charge in [-0.15, -0.1) is 11.8 Å². The van der Waals surface area contributed by atoms with Crippen LogP contribution in [0.25, 0.3) is 17.3 Å². The molecule has 178 valence electrons. The number of nitrogens with zero attached hydrogens (tertiary/aromatic N) is 4. The summed E-state index contributed by atoms with van der Waals surface area (Å²) >= 11 is 4.34. The monoisotopic (exact) mass is 600 g/mol. The van der Waals surface area contributed by atoms with Gasteiger partial charge in [-0.3, -0.25) is 10.1 Å². The third kappa shape index (κ3) is 4.59. The fraction of sp³-hybridized carbons (Fsp3) is 0.261. The maximum atomic E-state index is 12.0. The number of alkyl halides is 1. The smallest absolute Gasteiger partial charge is 0.326 e. The number of carbonyl (C=O) groups is 2. The summed E-state index contributed by atoms with van der Waals surface area (Å²) in [6.07, 6.45) is 5.34. The van der Waals surface area contributed by atoms with Gasteiger partial charge in [0.2, 0.25) is 11.9 Å². The zero-order chi connectivity index (χ0) is 23.9. The first-order valence-electron chi connectivity index (χ1n) is 11.2. The van der Waals surface area contributed by atoms with Gasteiger partial charge < -0.3 is 16.0 Å². The molecule has 0 bridgehead atoms. The normalized spacial score (nSPS) is 20.8. The van der Waals surface area contributed by atoms with Crippen LogP contribution >= 0.6 is 34.4 Å². The first kappa shape index (κ1) is 22.3. The van der Waals surface area contributed by atoms with Gasteiger partial charge in [-0.1, -0.05) is 46.9 Å². The van der Waals surface area contributed by atoms with Crippen LogP contribution in [-0.4, -0.2) is 47.2 Å². The molecule has 1 atom stereocenters. The van der Waals surface area contributed by atoms with Crippen molar-refractivity contribution in [3.05, 3.63) is 58.3 Å². The number of rotatable bonds is 7. The average Bonchev–Trinajstić information content (AvgIpc) is 3.26. The molecule has 10 nitrogen and oxygen atoms in total. The Bertz CT molecular complexity index is 1410. The van der Waals surface area contributed by atoms with Crippen molar-refractivity contribution < 1.29 is 9.59 Å². The molecule has 2 fully saturated rings. The summed E-state index contributed by atoms with van der Waals surface area (Å²) < 4.78 is 2.11. The molecule has 35 heavy (non-hydrogen) atoms. The van der Waals surface area contributed by atoms with Gasteiger partial charge in [-0.25, -0.2) is 4.79 Å². The van der Waals surface area contributed by atoms with Crippen molar-refractivity contribution >= 4 is 75.5 Å². The summed E-state index contributed by atoms with van der Waals surface area (Å²) in [5, 5.41) is 18.2. The molecular weight excluding hydrogens is 579 g/mol. The van der Waals surface area contributed by atoms with E-state index in [1.807, 2.05) is 17.8 Å². The van der Waals surface area contributed by atoms with Crippen LogP contribution in [0.3, 0.4) is 0 Å². The summed E-state index contributed by atoms with van der Waals surface area (Å²) in [6, 6.07) is 8.20. The molecular formula is C23H21IN8O2S. The lowest BCUT2D eigenvalue weighted by Gasteiger charge is -2.14. The molecule has 6 rings (SSSR count). The summed E-state index contributed by atoms with van der Waals surface area (Å²) in [5.74, 6) is 1.64. The third-order valence-corrected chi connectivity index (χ3v) is 8.54. The maximum Gasteiger partial charge on any atom is 0.326 e. The number of urea groups is 1. The molecule has 1 saturated carbocycles. The molecule has 1 aromatic carbocycles. The van der Waals surface area contributed by atoms with E-state index >= 15 is 0 Å². The second kappa shape index (κ2) is 9.15. The highest BCUT2D eigenvalue weighted by Gasteiger charge is 2.26. The molecule has 3 amide bonds. The Morgan fingerprint density at radius 1 is 1.20 bits per heavy atom.